The average molecular weight is 663 g/mol. The van der Waals surface area contributed by atoms with Crippen LogP contribution in [0, 0.1) is 0 Å². The highest BCUT2D eigenvalue weighted by Gasteiger charge is 2.25. The molecule has 3 aromatic rings. The second-order valence-electron chi connectivity index (χ2n) is 9.89. The summed E-state index contributed by atoms with van der Waals surface area (Å²) in [6.07, 6.45) is 14.9. The van der Waals surface area contributed by atoms with Crippen molar-refractivity contribution in [3.8, 4) is 5.75 Å². The molecular weight excluding hydrogens is 619 g/mol. The highest BCUT2D eigenvalue weighted by molar-refractivity contribution is 6.32. The average Bonchev–Trinajstić information content (AvgIpc) is 2.95. The van der Waals surface area contributed by atoms with Crippen molar-refractivity contribution in [2.45, 2.75) is 91.1 Å². The van der Waals surface area contributed by atoms with Crippen molar-refractivity contribution in [3.63, 3.8) is 0 Å². The van der Waals surface area contributed by atoms with Gasteiger partial charge in [0.2, 0.25) is 0 Å². The number of hydrogen-bond donors (Lipinski definition) is 0. The molecule has 0 N–H and O–H groups in total. The summed E-state index contributed by atoms with van der Waals surface area (Å²) in [4.78, 5) is 15.5. The van der Waals surface area contributed by atoms with Gasteiger partial charge in [0, 0.05) is 17.8 Å². The minimum atomic E-state index is -0.0453. The van der Waals surface area contributed by atoms with Gasteiger partial charge in [-0.3, -0.25) is 9.69 Å². The van der Waals surface area contributed by atoms with Crippen LogP contribution in [0.4, 0.5) is 5.69 Å². The van der Waals surface area contributed by atoms with E-state index in [1.807, 2.05) is 84.4 Å². The van der Waals surface area contributed by atoms with Crippen molar-refractivity contribution in [3.05, 3.63) is 89.2 Å². The third kappa shape index (κ3) is 11.1. The smallest absolute Gasteiger partial charge is 0.323 e. The number of anilines is 1. The summed E-state index contributed by atoms with van der Waals surface area (Å²) < 4.78 is 7.95. The molecule has 0 spiro atoms. The summed E-state index contributed by atoms with van der Waals surface area (Å²) in [6.45, 7) is 6.12. The number of benzene rings is 2. The molecular formula is C33H44ClIN2O2. The van der Waals surface area contributed by atoms with E-state index in [1.54, 1.807) is 4.90 Å². The number of ether oxygens (including phenoxy) is 1. The third-order valence-corrected chi connectivity index (χ3v) is 7.20. The molecule has 0 atom stereocenters. The van der Waals surface area contributed by atoms with Gasteiger partial charge < -0.3 is 28.7 Å². The largest absolute Gasteiger partial charge is 1.00 e. The fraction of sp³-hybridized carbons (Fsp3) is 0.455. The molecule has 1 amide bonds. The van der Waals surface area contributed by atoms with Gasteiger partial charge in [0.25, 0.3) is 5.69 Å². The Labute approximate surface area is 257 Å². The van der Waals surface area contributed by atoms with Crippen LogP contribution in [0.15, 0.2) is 72.9 Å². The van der Waals surface area contributed by atoms with Crippen LogP contribution < -0.4 is 38.2 Å². The molecule has 3 rings (SSSR count). The van der Waals surface area contributed by atoms with Crippen LogP contribution in [0.2, 0.25) is 5.02 Å². The standard InChI is InChI=1S/C33H44ClN2O2.HI/c1-3-5-6-7-8-9-10-11-12-18-25-38-32-23-22-28(26-30(32)34)27-36(29-19-14-13-15-20-29)33(37)31-21-16-17-24-35(31)4-2;/h13-17,19-24,26H,3-12,18,25,27H2,1-2H3;1H/q+1;/p-1. The number of para-hydroxylation sites is 1. The van der Waals surface area contributed by atoms with Gasteiger partial charge in [-0.15, -0.1) is 0 Å². The van der Waals surface area contributed by atoms with Crippen molar-refractivity contribution < 1.29 is 38.1 Å². The summed E-state index contributed by atoms with van der Waals surface area (Å²) >= 11 is 6.60. The SMILES string of the molecule is CCCCCCCCCCCCOc1ccc(CN(C(=O)c2cccc[n+]2CC)c2ccccc2)cc1Cl.[I-]. The molecule has 0 saturated carbocycles. The molecule has 1 heterocycles. The van der Waals surface area contributed by atoms with Crippen LogP contribution in [0.3, 0.4) is 0 Å². The van der Waals surface area contributed by atoms with Gasteiger partial charge in [-0.05, 0) is 49.2 Å². The van der Waals surface area contributed by atoms with Gasteiger partial charge in [-0.2, -0.15) is 4.57 Å². The number of carbonyl (C=O) groups is 1. The fourth-order valence-electron chi connectivity index (χ4n) is 4.69. The second-order valence-corrected chi connectivity index (χ2v) is 10.3. The zero-order valence-electron chi connectivity index (χ0n) is 23.6. The monoisotopic (exact) mass is 662 g/mol. The second kappa shape index (κ2) is 19.0. The number of amides is 1. The van der Waals surface area contributed by atoms with Gasteiger partial charge in [0.05, 0.1) is 18.2 Å². The molecule has 0 unspecified atom stereocenters. The molecule has 0 aliphatic rings. The van der Waals surface area contributed by atoms with Crippen LogP contribution in [0.25, 0.3) is 0 Å². The van der Waals surface area contributed by atoms with E-state index >= 15 is 0 Å². The molecule has 0 bridgehead atoms. The first kappa shape index (κ1) is 33.1. The van der Waals surface area contributed by atoms with Crippen LogP contribution in [0.5, 0.6) is 5.75 Å². The number of rotatable bonds is 17. The number of hydrogen-bond acceptors (Lipinski definition) is 2. The molecule has 0 radical (unpaired) electrons. The number of pyridine rings is 1. The van der Waals surface area contributed by atoms with Gasteiger partial charge >= 0.3 is 5.91 Å². The number of halogens is 2. The normalized spacial score (nSPS) is 10.6. The van der Waals surface area contributed by atoms with Crippen LogP contribution in [-0.4, -0.2) is 12.5 Å². The fourth-order valence-corrected chi connectivity index (χ4v) is 4.94. The van der Waals surface area contributed by atoms with E-state index in [-0.39, 0.29) is 29.9 Å². The number of aryl methyl sites for hydroxylation is 1. The quantitative estimate of drug-likeness (QED) is 0.104. The molecule has 1 aromatic heterocycles. The molecule has 0 fully saturated rings. The maximum atomic E-state index is 13.7. The maximum Gasteiger partial charge on any atom is 0.323 e. The lowest BCUT2D eigenvalue weighted by atomic mass is 10.1. The Kier molecular flexibility index (Phi) is 16.2. The molecule has 6 heteroatoms. The first-order valence-electron chi connectivity index (χ1n) is 14.4. The highest BCUT2D eigenvalue weighted by Crippen LogP contribution is 2.28. The number of nitrogens with zero attached hydrogens (tertiary/aromatic N) is 2. The Balaban J connectivity index is 0.00000533. The van der Waals surface area contributed by atoms with Gasteiger partial charge in [0.1, 0.15) is 12.3 Å². The van der Waals surface area contributed by atoms with Crippen LogP contribution in [0.1, 0.15) is 94.1 Å². The van der Waals surface area contributed by atoms with Crippen LogP contribution in [-0.2, 0) is 13.1 Å². The molecule has 0 saturated heterocycles. The number of unbranched alkanes of at least 4 members (excludes halogenated alkanes) is 9. The maximum absolute atomic E-state index is 13.7. The minimum absolute atomic E-state index is 0. The molecule has 212 valence electrons. The van der Waals surface area contributed by atoms with Gasteiger partial charge in [-0.25, -0.2) is 0 Å². The Morgan fingerprint density at radius 1 is 0.821 bits per heavy atom. The van der Waals surface area contributed by atoms with Gasteiger partial charge in [-0.1, -0.05) is 101 Å². The van der Waals surface area contributed by atoms with E-state index < -0.39 is 0 Å². The molecule has 0 aliphatic heterocycles. The molecule has 4 nitrogen and oxygen atoms in total. The van der Waals surface area contributed by atoms with Gasteiger partial charge in [0.15, 0.2) is 6.20 Å². The van der Waals surface area contributed by atoms with Crippen molar-refractivity contribution in [2.24, 2.45) is 0 Å². The zero-order chi connectivity index (χ0) is 27.0. The molecule has 0 aliphatic carbocycles. The van der Waals surface area contributed by atoms with E-state index in [1.165, 1.54) is 57.8 Å². The minimum Gasteiger partial charge on any atom is -1.00 e. The van der Waals surface area contributed by atoms with Crippen molar-refractivity contribution in [1.82, 2.24) is 0 Å². The van der Waals surface area contributed by atoms with Crippen molar-refractivity contribution in [1.29, 1.82) is 0 Å². The number of carbonyl (C=O) groups excluding carboxylic acids is 1. The first-order valence-corrected chi connectivity index (χ1v) is 14.8. The Morgan fingerprint density at radius 3 is 2.10 bits per heavy atom. The Hall–Kier alpha value is -2.12. The van der Waals surface area contributed by atoms with Crippen molar-refractivity contribution in [2.75, 3.05) is 11.5 Å². The predicted molar refractivity (Wildman–Crippen MR) is 158 cm³/mol. The molecule has 39 heavy (non-hydrogen) atoms. The lowest BCUT2D eigenvalue weighted by Gasteiger charge is -2.22. The summed E-state index contributed by atoms with van der Waals surface area (Å²) in [5, 5.41) is 0.582. The highest BCUT2D eigenvalue weighted by atomic mass is 127. The Morgan fingerprint density at radius 2 is 1.46 bits per heavy atom. The topological polar surface area (TPSA) is 33.4 Å². The summed E-state index contributed by atoms with van der Waals surface area (Å²) in [5.74, 6) is 0.659. The van der Waals surface area contributed by atoms with E-state index in [0.717, 1.165) is 24.2 Å². The van der Waals surface area contributed by atoms with Crippen molar-refractivity contribution >= 4 is 23.2 Å². The van der Waals surface area contributed by atoms with E-state index in [0.29, 0.717) is 29.6 Å². The lowest BCUT2D eigenvalue weighted by Crippen LogP contribution is -3.00. The first-order chi connectivity index (χ1) is 18.6. The summed E-state index contributed by atoms with van der Waals surface area (Å²) in [6, 6.07) is 21.3. The van der Waals surface area contributed by atoms with Crippen LogP contribution >= 0.6 is 11.6 Å². The van der Waals surface area contributed by atoms with E-state index in [9.17, 15) is 4.79 Å². The number of aromatic nitrogens is 1. The third-order valence-electron chi connectivity index (χ3n) is 6.91. The summed E-state index contributed by atoms with van der Waals surface area (Å²) in [5.41, 5.74) is 2.46. The van der Waals surface area contributed by atoms with E-state index in [4.69, 9.17) is 16.3 Å². The summed E-state index contributed by atoms with van der Waals surface area (Å²) in [7, 11) is 0. The Bertz CT molecular complexity index is 1110. The zero-order valence-corrected chi connectivity index (χ0v) is 26.5. The lowest BCUT2D eigenvalue weighted by molar-refractivity contribution is -0.695. The van der Waals surface area contributed by atoms with E-state index in [2.05, 4.69) is 6.92 Å². The predicted octanol–water partition coefficient (Wildman–Crippen LogP) is 5.80. The molecule has 2 aromatic carbocycles.